The zero-order chi connectivity index (χ0) is 28.2. The fourth-order valence-corrected chi connectivity index (χ4v) is 6.33. The molecule has 0 radical (unpaired) electrons. The third kappa shape index (κ3) is 3.70. The van der Waals surface area contributed by atoms with Gasteiger partial charge in [0, 0.05) is 22.0 Å². The Labute approximate surface area is 243 Å². The van der Waals surface area contributed by atoms with Crippen LogP contribution in [0.3, 0.4) is 0 Å². The molecule has 1 unspecified atom stereocenters. The van der Waals surface area contributed by atoms with Gasteiger partial charge in [-0.2, -0.15) is 0 Å². The average Bonchev–Trinajstić information content (AvgIpc) is 3.52. The normalized spacial score (nSPS) is 14.5. The van der Waals surface area contributed by atoms with E-state index in [1.807, 2.05) is 103 Å². The van der Waals surface area contributed by atoms with E-state index in [1.54, 1.807) is 0 Å². The zero-order valence-corrected chi connectivity index (χ0v) is 22.7. The molecule has 0 aliphatic carbocycles. The lowest BCUT2D eigenvalue weighted by molar-refractivity contribution is 0.0935. The zero-order valence-electron chi connectivity index (χ0n) is 22.7. The first-order valence-electron chi connectivity index (χ1n) is 14.1. The summed E-state index contributed by atoms with van der Waals surface area (Å²) in [6, 6.07) is 48.7. The molecule has 0 saturated heterocycles. The fourth-order valence-electron chi connectivity index (χ4n) is 6.33. The number of carbonyl (C=O) groups is 1. The second kappa shape index (κ2) is 9.58. The summed E-state index contributed by atoms with van der Waals surface area (Å²) in [6.07, 6.45) is -1.09. The Kier molecular flexibility index (Phi) is 5.56. The van der Waals surface area contributed by atoms with Gasteiger partial charge in [-0.3, -0.25) is 9.69 Å². The number of rotatable bonds is 4. The number of hydrogen-bond acceptors (Lipinski definition) is 2. The summed E-state index contributed by atoms with van der Waals surface area (Å²) in [5.74, 6) is -0.219. The predicted molar refractivity (Wildman–Crippen MR) is 170 cm³/mol. The molecule has 1 atom stereocenters. The van der Waals surface area contributed by atoms with Crippen molar-refractivity contribution in [1.82, 2.24) is 4.57 Å². The number of aromatic nitrogens is 1. The SMILES string of the molecule is O=C1c2c(cccc2-n2c3ccccc3c3ccc(-c4ccccc4)cc32)C(O)N1c1cccc(-c2ccccc2)c1. The molecule has 6 aromatic carbocycles. The van der Waals surface area contributed by atoms with E-state index in [2.05, 4.69) is 47.0 Å². The first-order chi connectivity index (χ1) is 20.7. The number of aliphatic hydroxyl groups is 1. The van der Waals surface area contributed by atoms with E-state index in [0.717, 1.165) is 49.7 Å². The third-order valence-electron chi connectivity index (χ3n) is 8.28. The van der Waals surface area contributed by atoms with Crippen molar-refractivity contribution in [3.05, 3.63) is 157 Å². The molecule has 1 aromatic heterocycles. The number of fused-ring (bicyclic) bond motifs is 4. The van der Waals surface area contributed by atoms with Gasteiger partial charge in [0.2, 0.25) is 0 Å². The lowest BCUT2D eigenvalue weighted by Gasteiger charge is -2.21. The second-order valence-electron chi connectivity index (χ2n) is 10.7. The van der Waals surface area contributed by atoms with Gasteiger partial charge in [0.1, 0.15) is 0 Å². The maximum atomic E-state index is 14.3. The van der Waals surface area contributed by atoms with Gasteiger partial charge in [-0.1, -0.05) is 115 Å². The maximum Gasteiger partial charge on any atom is 0.263 e. The summed E-state index contributed by atoms with van der Waals surface area (Å²) in [5.41, 5.74) is 8.83. The number of carbonyl (C=O) groups excluding carboxylic acids is 1. The Morgan fingerprint density at radius 3 is 1.90 bits per heavy atom. The monoisotopic (exact) mass is 542 g/mol. The number of anilines is 1. The number of hydrogen-bond donors (Lipinski definition) is 1. The van der Waals surface area contributed by atoms with Crippen molar-refractivity contribution in [3.63, 3.8) is 0 Å². The summed E-state index contributed by atoms with van der Waals surface area (Å²) in [7, 11) is 0. The molecule has 4 heteroatoms. The predicted octanol–water partition coefficient (Wildman–Crippen LogP) is 8.77. The summed E-state index contributed by atoms with van der Waals surface area (Å²) in [6.45, 7) is 0. The molecular formula is C38H26N2O2. The van der Waals surface area contributed by atoms with Crippen molar-refractivity contribution in [3.8, 4) is 27.9 Å². The van der Waals surface area contributed by atoms with Crippen molar-refractivity contribution in [2.75, 3.05) is 4.90 Å². The van der Waals surface area contributed by atoms with Gasteiger partial charge in [-0.05, 0) is 52.6 Å². The Morgan fingerprint density at radius 1 is 0.524 bits per heavy atom. The fraction of sp³-hybridized carbons (Fsp3) is 0.0263. The van der Waals surface area contributed by atoms with Crippen molar-refractivity contribution in [2.45, 2.75) is 6.23 Å². The Morgan fingerprint density at radius 2 is 1.14 bits per heavy atom. The van der Waals surface area contributed by atoms with E-state index < -0.39 is 6.23 Å². The molecular weight excluding hydrogens is 516 g/mol. The van der Waals surface area contributed by atoms with Crippen molar-refractivity contribution in [2.24, 2.45) is 0 Å². The first kappa shape index (κ1) is 24.4. The van der Waals surface area contributed by atoms with Crippen LogP contribution >= 0.6 is 0 Å². The van der Waals surface area contributed by atoms with Crippen LogP contribution in [0.1, 0.15) is 22.1 Å². The lowest BCUT2D eigenvalue weighted by atomic mass is 10.0. The molecule has 1 amide bonds. The van der Waals surface area contributed by atoms with Crippen LogP contribution in [0, 0.1) is 0 Å². The molecule has 2 heterocycles. The van der Waals surface area contributed by atoms with Gasteiger partial charge >= 0.3 is 0 Å². The molecule has 7 aromatic rings. The number of aliphatic hydroxyl groups excluding tert-OH is 1. The molecule has 0 bridgehead atoms. The van der Waals surface area contributed by atoms with Crippen LogP contribution < -0.4 is 4.90 Å². The van der Waals surface area contributed by atoms with Gasteiger partial charge in [-0.15, -0.1) is 0 Å². The molecule has 1 aliphatic heterocycles. The highest BCUT2D eigenvalue weighted by Crippen LogP contribution is 2.42. The van der Waals surface area contributed by atoms with E-state index in [0.29, 0.717) is 16.8 Å². The standard InChI is InChI=1S/C38H26N2O2/c41-37-32-18-10-20-34(36(32)38(42)39(37)29-16-9-15-27(23-29)25-11-3-1-4-12-25)40-33-19-8-7-17-30(33)31-22-21-28(24-35(31)40)26-13-5-2-6-14-26/h1-24,37,41H. The molecule has 0 fully saturated rings. The quantitative estimate of drug-likeness (QED) is 0.242. The highest BCUT2D eigenvalue weighted by atomic mass is 16.3. The summed E-state index contributed by atoms with van der Waals surface area (Å²) >= 11 is 0. The van der Waals surface area contributed by atoms with Crippen LogP contribution in [-0.4, -0.2) is 15.6 Å². The molecule has 42 heavy (non-hydrogen) atoms. The smallest absolute Gasteiger partial charge is 0.263 e. The van der Waals surface area contributed by atoms with Crippen molar-refractivity contribution < 1.29 is 9.90 Å². The minimum absolute atomic E-state index is 0.219. The van der Waals surface area contributed by atoms with Crippen LogP contribution in [-0.2, 0) is 0 Å². The molecule has 8 rings (SSSR count). The van der Waals surface area contributed by atoms with E-state index in [9.17, 15) is 9.90 Å². The van der Waals surface area contributed by atoms with Crippen molar-refractivity contribution in [1.29, 1.82) is 0 Å². The molecule has 0 spiro atoms. The highest BCUT2D eigenvalue weighted by Gasteiger charge is 2.39. The van der Waals surface area contributed by atoms with Gasteiger partial charge in [0.15, 0.2) is 6.23 Å². The molecule has 200 valence electrons. The van der Waals surface area contributed by atoms with Crippen LogP contribution in [0.4, 0.5) is 5.69 Å². The van der Waals surface area contributed by atoms with Crippen LogP contribution in [0.5, 0.6) is 0 Å². The minimum Gasteiger partial charge on any atom is -0.369 e. The lowest BCUT2D eigenvalue weighted by Crippen LogP contribution is -2.27. The van der Waals surface area contributed by atoms with E-state index in [4.69, 9.17) is 0 Å². The summed E-state index contributed by atoms with van der Waals surface area (Å²) < 4.78 is 2.17. The molecule has 1 aliphatic rings. The summed E-state index contributed by atoms with van der Waals surface area (Å²) in [5, 5.41) is 13.8. The van der Waals surface area contributed by atoms with Crippen LogP contribution in [0.25, 0.3) is 49.7 Å². The van der Waals surface area contributed by atoms with Gasteiger partial charge in [-0.25, -0.2) is 0 Å². The maximum absolute atomic E-state index is 14.3. The van der Waals surface area contributed by atoms with E-state index in [-0.39, 0.29) is 5.91 Å². The molecule has 1 N–H and O–H groups in total. The highest BCUT2D eigenvalue weighted by molar-refractivity contribution is 6.16. The van der Waals surface area contributed by atoms with E-state index in [1.165, 1.54) is 4.90 Å². The average molecular weight is 543 g/mol. The number of para-hydroxylation sites is 1. The topological polar surface area (TPSA) is 45.5 Å². The summed E-state index contributed by atoms with van der Waals surface area (Å²) in [4.78, 5) is 15.8. The Balaban J connectivity index is 1.32. The van der Waals surface area contributed by atoms with E-state index >= 15 is 0 Å². The van der Waals surface area contributed by atoms with Crippen LogP contribution in [0.2, 0.25) is 0 Å². The minimum atomic E-state index is -1.09. The molecule has 0 saturated carbocycles. The molecule has 4 nitrogen and oxygen atoms in total. The number of nitrogens with zero attached hydrogens (tertiary/aromatic N) is 2. The van der Waals surface area contributed by atoms with Crippen molar-refractivity contribution >= 4 is 33.4 Å². The number of amides is 1. The van der Waals surface area contributed by atoms with Gasteiger partial charge in [0.05, 0.1) is 22.3 Å². The van der Waals surface area contributed by atoms with Gasteiger partial charge < -0.3 is 9.67 Å². The Hall–Kier alpha value is -5.45. The first-order valence-corrected chi connectivity index (χ1v) is 14.1. The largest absolute Gasteiger partial charge is 0.369 e. The number of benzene rings is 6. The second-order valence-corrected chi connectivity index (χ2v) is 10.7. The third-order valence-corrected chi connectivity index (χ3v) is 8.28. The van der Waals surface area contributed by atoms with Crippen LogP contribution in [0.15, 0.2) is 146 Å². The Bertz CT molecular complexity index is 2130. The van der Waals surface area contributed by atoms with Gasteiger partial charge in [0.25, 0.3) is 5.91 Å².